The molecule has 2 atom stereocenters. The molecule has 1 heterocycles. The number of rotatable bonds is 3. The van der Waals surface area contributed by atoms with Crippen LogP contribution in [0.4, 0.5) is 0 Å². The molecule has 0 spiro atoms. The summed E-state index contributed by atoms with van der Waals surface area (Å²) in [5, 5.41) is 9.99. The molecule has 0 aromatic heterocycles. The summed E-state index contributed by atoms with van der Waals surface area (Å²) in [7, 11) is 0. The number of nitrogens with zero attached hydrogens (tertiary/aromatic N) is 1. The lowest BCUT2D eigenvalue weighted by Gasteiger charge is -2.20. The number of halogens is 1. The molecule has 0 aliphatic carbocycles. The summed E-state index contributed by atoms with van der Waals surface area (Å²) in [6, 6.07) is 7.46. The number of β-amino-alcohol motifs (C(OH)–C–C–N with tert-alkyl or cyclic N) is 1. The maximum atomic E-state index is 12.1. The van der Waals surface area contributed by atoms with Crippen molar-refractivity contribution in [2.75, 3.05) is 13.1 Å². The van der Waals surface area contributed by atoms with Gasteiger partial charge in [-0.05, 0) is 37.6 Å². The topological polar surface area (TPSA) is 40.5 Å². The summed E-state index contributed by atoms with van der Waals surface area (Å²) >= 11 is 7.34. The second-order valence-electron chi connectivity index (χ2n) is 4.44. The Morgan fingerprint density at radius 2 is 2.17 bits per heavy atom. The molecule has 0 bridgehead atoms. The van der Waals surface area contributed by atoms with E-state index in [2.05, 4.69) is 0 Å². The van der Waals surface area contributed by atoms with Crippen molar-refractivity contribution in [2.45, 2.75) is 29.6 Å². The molecule has 0 radical (unpaired) electrons. The SMILES string of the molecule is CC(Sc1ccc(Cl)cc1)C(=O)N1CC[C@@H](O)C1. The molecule has 2 rings (SSSR count). The fourth-order valence-corrected chi connectivity index (χ4v) is 3.04. The fraction of sp³-hybridized carbons (Fsp3) is 0.462. The van der Waals surface area contributed by atoms with Gasteiger partial charge in [-0.25, -0.2) is 0 Å². The zero-order valence-electron chi connectivity index (χ0n) is 10.2. The van der Waals surface area contributed by atoms with Gasteiger partial charge in [-0.1, -0.05) is 11.6 Å². The van der Waals surface area contributed by atoms with Crippen molar-refractivity contribution in [3.8, 4) is 0 Å². The summed E-state index contributed by atoms with van der Waals surface area (Å²) < 4.78 is 0. The number of aliphatic hydroxyl groups excluding tert-OH is 1. The zero-order valence-corrected chi connectivity index (χ0v) is 11.7. The Hall–Kier alpha value is -0.710. The lowest BCUT2D eigenvalue weighted by atomic mass is 10.3. The Morgan fingerprint density at radius 3 is 2.72 bits per heavy atom. The minimum Gasteiger partial charge on any atom is -0.391 e. The molecule has 1 saturated heterocycles. The third-order valence-corrected chi connectivity index (χ3v) is 4.30. The van der Waals surface area contributed by atoms with Crippen molar-refractivity contribution in [3.63, 3.8) is 0 Å². The molecule has 3 nitrogen and oxygen atoms in total. The molecule has 5 heteroatoms. The van der Waals surface area contributed by atoms with E-state index in [-0.39, 0.29) is 17.3 Å². The molecule has 1 unspecified atom stereocenters. The van der Waals surface area contributed by atoms with Crippen LogP contribution in [0.25, 0.3) is 0 Å². The number of carbonyl (C=O) groups is 1. The molecule has 1 aliphatic rings. The monoisotopic (exact) mass is 285 g/mol. The van der Waals surface area contributed by atoms with E-state index in [9.17, 15) is 9.90 Å². The molecule has 98 valence electrons. The first-order chi connectivity index (χ1) is 8.56. The zero-order chi connectivity index (χ0) is 13.1. The molecule has 0 saturated carbocycles. The Balaban J connectivity index is 1.93. The van der Waals surface area contributed by atoms with Crippen LogP contribution in [-0.2, 0) is 4.79 Å². The molecular weight excluding hydrogens is 270 g/mol. The quantitative estimate of drug-likeness (QED) is 0.867. The van der Waals surface area contributed by atoms with Crippen LogP contribution in [0.1, 0.15) is 13.3 Å². The van der Waals surface area contributed by atoms with Gasteiger partial charge >= 0.3 is 0 Å². The van der Waals surface area contributed by atoms with Crippen LogP contribution in [0.15, 0.2) is 29.2 Å². The van der Waals surface area contributed by atoms with Crippen LogP contribution in [0.5, 0.6) is 0 Å². The molecule has 1 aromatic rings. The van der Waals surface area contributed by atoms with E-state index in [0.29, 0.717) is 24.5 Å². The lowest BCUT2D eigenvalue weighted by molar-refractivity contribution is -0.129. The van der Waals surface area contributed by atoms with Crippen molar-refractivity contribution < 1.29 is 9.90 Å². The highest BCUT2D eigenvalue weighted by molar-refractivity contribution is 8.00. The predicted octanol–water partition coefficient (Wildman–Crippen LogP) is 2.41. The average molecular weight is 286 g/mol. The summed E-state index contributed by atoms with van der Waals surface area (Å²) in [5.74, 6) is 0.0894. The van der Waals surface area contributed by atoms with Crippen LogP contribution in [0, 0.1) is 0 Å². The highest BCUT2D eigenvalue weighted by Gasteiger charge is 2.28. The van der Waals surface area contributed by atoms with E-state index >= 15 is 0 Å². The summed E-state index contributed by atoms with van der Waals surface area (Å²) in [6.07, 6.45) is 0.325. The highest BCUT2D eigenvalue weighted by Crippen LogP contribution is 2.26. The van der Waals surface area contributed by atoms with Crippen LogP contribution in [0.2, 0.25) is 5.02 Å². The Morgan fingerprint density at radius 1 is 1.50 bits per heavy atom. The normalized spacial score (nSPS) is 21.1. The van der Waals surface area contributed by atoms with Crippen LogP contribution in [0.3, 0.4) is 0 Å². The number of benzene rings is 1. The second-order valence-corrected chi connectivity index (χ2v) is 6.29. The van der Waals surface area contributed by atoms with E-state index < -0.39 is 0 Å². The standard InChI is InChI=1S/C13H16ClNO2S/c1-9(13(17)15-7-6-11(16)8-15)18-12-4-2-10(14)3-5-12/h2-5,9,11,16H,6-8H2,1H3/t9?,11-/m1/s1. The number of amides is 1. The predicted molar refractivity (Wildman–Crippen MR) is 74.0 cm³/mol. The van der Waals surface area contributed by atoms with Gasteiger partial charge in [0, 0.05) is 23.0 Å². The van der Waals surface area contributed by atoms with E-state index in [0.717, 1.165) is 4.90 Å². The number of thioether (sulfide) groups is 1. The fourth-order valence-electron chi connectivity index (χ4n) is 1.97. The van der Waals surface area contributed by atoms with Crippen LogP contribution >= 0.6 is 23.4 Å². The largest absolute Gasteiger partial charge is 0.391 e. The Kier molecular flexibility index (Phi) is 4.54. The summed E-state index contributed by atoms with van der Waals surface area (Å²) in [4.78, 5) is 14.9. The van der Waals surface area contributed by atoms with E-state index in [1.54, 1.807) is 4.90 Å². The Bertz CT molecular complexity index is 424. The molecule has 1 aliphatic heterocycles. The van der Waals surface area contributed by atoms with Gasteiger partial charge in [0.1, 0.15) is 0 Å². The molecule has 1 fully saturated rings. The number of carbonyl (C=O) groups excluding carboxylic acids is 1. The number of hydrogen-bond donors (Lipinski definition) is 1. The molecular formula is C13H16ClNO2S. The van der Waals surface area contributed by atoms with Gasteiger partial charge in [0.15, 0.2) is 0 Å². The van der Waals surface area contributed by atoms with E-state index in [4.69, 9.17) is 11.6 Å². The maximum absolute atomic E-state index is 12.1. The number of aliphatic hydroxyl groups is 1. The van der Waals surface area contributed by atoms with Crippen LogP contribution in [-0.4, -0.2) is 40.4 Å². The minimum absolute atomic E-state index is 0.0894. The Labute approximate surface area is 116 Å². The van der Waals surface area contributed by atoms with E-state index in [1.807, 2.05) is 31.2 Å². The van der Waals surface area contributed by atoms with Crippen molar-refractivity contribution in [1.82, 2.24) is 4.90 Å². The lowest BCUT2D eigenvalue weighted by Crippen LogP contribution is -2.35. The minimum atomic E-state index is -0.360. The van der Waals surface area contributed by atoms with Crippen molar-refractivity contribution in [3.05, 3.63) is 29.3 Å². The van der Waals surface area contributed by atoms with Gasteiger partial charge in [0.25, 0.3) is 0 Å². The molecule has 1 aromatic carbocycles. The second kappa shape index (κ2) is 5.95. The molecule has 18 heavy (non-hydrogen) atoms. The van der Waals surface area contributed by atoms with Crippen molar-refractivity contribution in [1.29, 1.82) is 0 Å². The third kappa shape index (κ3) is 3.40. The van der Waals surface area contributed by atoms with E-state index in [1.165, 1.54) is 11.8 Å². The maximum Gasteiger partial charge on any atom is 0.235 e. The van der Waals surface area contributed by atoms with Gasteiger partial charge in [0.2, 0.25) is 5.91 Å². The number of likely N-dealkylation sites (tertiary alicyclic amines) is 1. The smallest absolute Gasteiger partial charge is 0.235 e. The van der Waals surface area contributed by atoms with Crippen molar-refractivity contribution in [2.24, 2.45) is 0 Å². The van der Waals surface area contributed by atoms with Gasteiger partial charge in [0.05, 0.1) is 11.4 Å². The van der Waals surface area contributed by atoms with Gasteiger partial charge in [-0.3, -0.25) is 4.79 Å². The first-order valence-electron chi connectivity index (χ1n) is 5.95. The molecule has 1 N–H and O–H groups in total. The first kappa shape index (κ1) is 13.7. The van der Waals surface area contributed by atoms with Gasteiger partial charge in [-0.15, -0.1) is 11.8 Å². The number of hydrogen-bond acceptors (Lipinski definition) is 3. The van der Waals surface area contributed by atoms with Gasteiger partial charge < -0.3 is 10.0 Å². The van der Waals surface area contributed by atoms with Crippen molar-refractivity contribution >= 4 is 29.3 Å². The first-order valence-corrected chi connectivity index (χ1v) is 7.21. The van der Waals surface area contributed by atoms with Gasteiger partial charge in [-0.2, -0.15) is 0 Å². The highest BCUT2D eigenvalue weighted by atomic mass is 35.5. The molecule has 1 amide bonds. The third-order valence-electron chi connectivity index (χ3n) is 2.95. The van der Waals surface area contributed by atoms with Crippen LogP contribution < -0.4 is 0 Å². The average Bonchev–Trinajstić information content (AvgIpc) is 2.78. The summed E-state index contributed by atoms with van der Waals surface area (Å²) in [5.41, 5.74) is 0. The summed E-state index contributed by atoms with van der Waals surface area (Å²) in [6.45, 7) is 3.02.